The topological polar surface area (TPSA) is 117 Å². The van der Waals surface area contributed by atoms with E-state index in [4.69, 9.17) is 14.9 Å². The summed E-state index contributed by atoms with van der Waals surface area (Å²) in [5.74, 6) is -1.42. The Balaban J connectivity index is 2.49. The summed E-state index contributed by atoms with van der Waals surface area (Å²) in [7, 11) is 0. The van der Waals surface area contributed by atoms with Gasteiger partial charge >= 0.3 is 11.9 Å². The van der Waals surface area contributed by atoms with E-state index >= 15 is 0 Å². The second kappa shape index (κ2) is 6.82. The van der Waals surface area contributed by atoms with Gasteiger partial charge in [-0.2, -0.15) is 0 Å². The molecule has 7 nitrogen and oxygen atoms in total. The summed E-state index contributed by atoms with van der Waals surface area (Å²) < 4.78 is 10.0. The number of phenolic OH excluding ortho intramolecular Hbond substituents is 2. The molecule has 0 aliphatic heterocycles. The average Bonchev–Trinajstić information content (AvgIpc) is 2.45. The number of hydrogen-bond acceptors (Lipinski definition) is 7. The van der Waals surface area contributed by atoms with E-state index in [2.05, 4.69) is 0 Å². The lowest BCUT2D eigenvalue weighted by molar-refractivity contribution is -0.132. The average molecular weight is 329 g/mol. The van der Waals surface area contributed by atoms with Crippen LogP contribution >= 0.6 is 0 Å². The Morgan fingerprint density at radius 3 is 2.12 bits per heavy atom. The number of rotatable bonds is 4. The molecular formula is C17H15NO6. The van der Waals surface area contributed by atoms with E-state index in [0.29, 0.717) is 0 Å². The quantitative estimate of drug-likeness (QED) is 0.450. The highest BCUT2D eigenvalue weighted by molar-refractivity contribution is 6.14. The first kappa shape index (κ1) is 17.0. The van der Waals surface area contributed by atoms with Crippen molar-refractivity contribution in [1.29, 1.82) is 5.41 Å². The maximum absolute atomic E-state index is 11.3. The van der Waals surface area contributed by atoms with Crippen molar-refractivity contribution >= 4 is 17.7 Å². The summed E-state index contributed by atoms with van der Waals surface area (Å²) in [6.45, 7) is 2.43. The Morgan fingerprint density at radius 1 is 0.917 bits per heavy atom. The maximum atomic E-state index is 11.3. The van der Waals surface area contributed by atoms with Gasteiger partial charge in [-0.05, 0) is 24.3 Å². The number of ether oxygens (including phenoxy) is 2. The van der Waals surface area contributed by atoms with Gasteiger partial charge in [-0.25, -0.2) is 0 Å². The van der Waals surface area contributed by atoms with Crippen molar-refractivity contribution in [2.45, 2.75) is 13.8 Å². The molecule has 0 heterocycles. The minimum absolute atomic E-state index is 0.0127. The fourth-order valence-corrected chi connectivity index (χ4v) is 2.05. The highest BCUT2D eigenvalue weighted by atomic mass is 16.5. The molecule has 0 saturated heterocycles. The summed E-state index contributed by atoms with van der Waals surface area (Å²) in [6, 6.07) is 7.97. The highest BCUT2D eigenvalue weighted by Crippen LogP contribution is 2.31. The predicted molar refractivity (Wildman–Crippen MR) is 84.8 cm³/mol. The van der Waals surface area contributed by atoms with Gasteiger partial charge in [-0.15, -0.1) is 0 Å². The second-order valence-corrected chi connectivity index (χ2v) is 4.92. The monoisotopic (exact) mass is 329 g/mol. The number of hydrogen-bond donors (Lipinski definition) is 3. The van der Waals surface area contributed by atoms with Gasteiger partial charge in [0.15, 0.2) is 0 Å². The molecule has 0 fully saturated rings. The third kappa shape index (κ3) is 3.89. The minimum atomic E-state index is -0.612. The first-order chi connectivity index (χ1) is 11.3. The third-order valence-corrected chi connectivity index (χ3v) is 2.99. The van der Waals surface area contributed by atoms with Crippen molar-refractivity contribution in [2.24, 2.45) is 0 Å². The molecule has 3 N–H and O–H groups in total. The van der Waals surface area contributed by atoms with Crippen molar-refractivity contribution in [1.82, 2.24) is 0 Å². The van der Waals surface area contributed by atoms with Crippen LogP contribution in [-0.4, -0.2) is 27.9 Å². The molecule has 7 heteroatoms. The van der Waals surface area contributed by atoms with Crippen LogP contribution in [0.1, 0.15) is 25.0 Å². The summed E-state index contributed by atoms with van der Waals surface area (Å²) in [6.07, 6.45) is 0. The smallest absolute Gasteiger partial charge is 0.308 e. The number of benzene rings is 2. The molecule has 0 aromatic heterocycles. The van der Waals surface area contributed by atoms with Gasteiger partial charge in [0.1, 0.15) is 23.0 Å². The summed E-state index contributed by atoms with van der Waals surface area (Å²) >= 11 is 0. The van der Waals surface area contributed by atoms with Crippen LogP contribution in [0.4, 0.5) is 0 Å². The largest absolute Gasteiger partial charge is 0.508 e. The van der Waals surface area contributed by atoms with Gasteiger partial charge < -0.3 is 19.7 Å². The van der Waals surface area contributed by atoms with Crippen LogP contribution in [0.3, 0.4) is 0 Å². The lowest BCUT2D eigenvalue weighted by atomic mass is 10.0. The van der Waals surface area contributed by atoms with E-state index < -0.39 is 11.9 Å². The summed E-state index contributed by atoms with van der Waals surface area (Å²) in [5.41, 5.74) is 0.224. The molecule has 0 aliphatic carbocycles. The number of phenols is 2. The summed E-state index contributed by atoms with van der Waals surface area (Å²) in [5, 5.41) is 27.5. The SMILES string of the molecule is CC(=O)Oc1ccc(C(=N)c2ccc(O)cc2O)c(OC(C)=O)c1. The van der Waals surface area contributed by atoms with Crippen LogP contribution in [0.2, 0.25) is 0 Å². The second-order valence-electron chi connectivity index (χ2n) is 4.92. The first-order valence-electron chi connectivity index (χ1n) is 6.90. The van der Waals surface area contributed by atoms with Gasteiger partial charge in [0.25, 0.3) is 0 Å². The molecule has 0 spiro atoms. The van der Waals surface area contributed by atoms with E-state index in [9.17, 15) is 19.8 Å². The lowest BCUT2D eigenvalue weighted by Crippen LogP contribution is -2.10. The van der Waals surface area contributed by atoms with Crippen molar-refractivity contribution in [3.63, 3.8) is 0 Å². The van der Waals surface area contributed by atoms with E-state index in [1.807, 2.05) is 0 Å². The van der Waals surface area contributed by atoms with Crippen LogP contribution in [0.25, 0.3) is 0 Å². The minimum Gasteiger partial charge on any atom is -0.508 e. The normalized spacial score (nSPS) is 10.1. The predicted octanol–water partition coefficient (Wildman–Crippen LogP) is 2.36. The van der Waals surface area contributed by atoms with E-state index in [-0.39, 0.29) is 39.8 Å². The van der Waals surface area contributed by atoms with Crippen LogP contribution in [0.5, 0.6) is 23.0 Å². The molecule has 0 saturated carbocycles. The van der Waals surface area contributed by atoms with Gasteiger partial charge in [0.05, 0.1) is 5.71 Å². The van der Waals surface area contributed by atoms with Crippen LogP contribution in [0.15, 0.2) is 36.4 Å². The Labute approximate surface area is 137 Å². The summed E-state index contributed by atoms with van der Waals surface area (Å²) in [4.78, 5) is 22.3. The van der Waals surface area contributed by atoms with Gasteiger partial charge in [0.2, 0.25) is 0 Å². The van der Waals surface area contributed by atoms with Gasteiger partial charge in [-0.1, -0.05) is 0 Å². The Hall–Kier alpha value is -3.35. The molecule has 0 aliphatic rings. The maximum Gasteiger partial charge on any atom is 0.308 e. The van der Waals surface area contributed by atoms with Crippen LogP contribution in [-0.2, 0) is 9.59 Å². The Morgan fingerprint density at radius 2 is 1.54 bits per heavy atom. The molecule has 0 amide bonds. The molecule has 124 valence electrons. The van der Waals surface area contributed by atoms with E-state index in [1.165, 1.54) is 44.2 Å². The standard InChI is InChI=1S/C17H15NO6/c1-9(19)23-12-4-6-14(16(8-12)24-10(2)20)17(18)13-5-3-11(21)7-15(13)22/h3-8,18,21-22H,1-2H3. The van der Waals surface area contributed by atoms with Gasteiger partial charge in [0, 0.05) is 37.1 Å². The van der Waals surface area contributed by atoms with Crippen molar-refractivity contribution in [2.75, 3.05) is 0 Å². The highest BCUT2D eigenvalue weighted by Gasteiger charge is 2.17. The van der Waals surface area contributed by atoms with Gasteiger partial charge in [-0.3, -0.25) is 15.0 Å². The van der Waals surface area contributed by atoms with Crippen LogP contribution < -0.4 is 9.47 Å². The zero-order valence-electron chi connectivity index (χ0n) is 13.0. The number of aromatic hydroxyl groups is 2. The van der Waals surface area contributed by atoms with Crippen molar-refractivity contribution in [3.05, 3.63) is 47.5 Å². The van der Waals surface area contributed by atoms with Crippen LogP contribution in [0, 0.1) is 5.41 Å². The van der Waals surface area contributed by atoms with Crippen molar-refractivity contribution < 1.29 is 29.3 Å². The number of nitrogens with one attached hydrogen (secondary N) is 1. The number of esters is 2. The number of carbonyl (C=O) groups excluding carboxylic acids is 2. The third-order valence-electron chi connectivity index (χ3n) is 2.99. The molecule has 2 rings (SSSR count). The molecular weight excluding hydrogens is 314 g/mol. The molecule has 2 aromatic carbocycles. The zero-order valence-corrected chi connectivity index (χ0v) is 13.0. The van der Waals surface area contributed by atoms with Crippen molar-refractivity contribution in [3.8, 4) is 23.0 Å². The zero-order chi connectivity index (χ0) is 17.9. The molecule has 0 radical (unpaired) electrons. The molecule has 0 atom stereocenters. The van der Waals surface area contributed by atoms with E-state index in [0.717, 1.165) is 6.07 Å². The molecule has 0 unspecified atom stereocenters. The van der Waals surface area contributed by atoms with E-state index in [1.54, 1.807) is 0 Å². The lowest BCUT2D eigenvalue weighted by Gasteiger charge is -2.13. The molecule has 2 aromatic rings. The Bertz CT molecular complexity index is 828. The fraction of sp³-hybridized carbons (Fsp3) is 0.118. The first-order valence-corrected chi connectivity index (χ1v) is 6.90. The molecule has 0 bridgehead atoms. The number of carbonyl (C=O) groups is 2. The molecule has 24 heavy (non-hydrogen) atoms. The Kier molecular flexibility index (Phi) is 4.84. The fourth-order valence-electron chi connectivity index (χ4n) is 2.05.